The van der Waals surface area contributed by atoms with E-state index >= 15 is 0 Å². The van der Waals surface area contributed by atoms with Crippen LogP contribution in [-0.4, -0.2) is 25.8 Å². The van der Waals surface area contributed by atoms with Crippen LogP contribution in [0.5, 0.6) is 0 Å². The monoisotopic (exact) mass is 227 g/mol. The molecule has 0 spiro atoms. The first-order valence-electron chi connectivity index (χ1n) is 4.31. The van der Waals surface area contributed by atoms with Gasteiger partial charge in [-0.3, -0.25) is 4.72 Å². The number of hydrogen-bond donors (Lipinski definition) is 1. The van der Waals surface area contributed by atoms with Crippen molar-refractivity contribution in [1.82, 2.24) is 9.71 Å². The number of rotatable bonds is 2. The van der Waals surface area contributed by atoms with E-state index in [9.17, 15) is 8.42 Å². The van der Waals surface area contributed by atoms with E-state index < -0.39 is 10.0 Å². The van der Waals surface area contributed by atoms with E-state index in [2.05, 4.69) is 19.7 Å². The van der Waals surface area contributed by atoms with E-state index in [0.717, 1.165) is 0 Å². The van der Waals surface area contributed by atoms with Gasteiger partial charge in [-0.2, -0.15) is 8.42 Å². The van der Waals surface area contributed by atoms with Crippen LogP contribution in [0.1, 0.15) is 6.42 Å². The Balaban J connectivity index is 2.21. The van der Waals surface area contributed by atoms with Crippen LogP contribution in [0.3, 0.4) is 0 Å². The van der Waals surface area contributed by atoms with E-state index in [1.807, 2.05) is 0 Å². The van der Waals surface area contributed by atoms with Crippen LogP contribution < -0.4 is 4.72 Å². The molecule has 0 aromatic carbocycles. The van der Waals surface area contributed by atoms with Crippen molar-refractivity contribution in [1.29, 1.82) is 0 Å². The molecule has 0 amide bonds. The summed E-state index contributed by atoms with van der Waals surface area (Å²) in [6, 6.07) is 4.67. The van der Waals surface area contributed by atoms with Crippen molar-refractivity contribution in [3.8, 4) is 0 Å². The number of hydrogen-bond acceptors (Lipinski definition) is 5. The molecule has 0 radical (unpaired) electrons. The molecule has 1 N–H and O–H groups in total. The van der Waals surface area contributed by atoms with Gasteiger partial charge in [0, 0.05) is 12.6 Å². The molecule has 15 heavy (non-hydrogen) atoms. The standard InChI is InChI=1S/C8H9N3O3S/c12-15(13,8-3-1-2-5-9-8)11-7-4-6-14-10-7/h1-3,5H,4,6H2,(H,10,11). The van der Waals surface area contributed by atoms with Gasteiger partial charge >= 0.3 is 0 Å². The Morgan fingerprint density at radius 2 is 2.27 bits per heavy atom. The zero-order chi connectivity index (χ0) is 10.7. The second-order valence-corrected chi connectivity index (χ2v) is 4.52. The Morgan fingerprint density at radius 1 is 1.40 bits per heavy atom. The van der Waals surface area contributed by atoms with E-state index in [1.165, 1.54) is 12.3 Å². The summed E-state index contributed by atoms with van der Waals surface area (Å²) in [6.45, 7) is 0.403. The first-order valence-corrected chi connectivity index (χ1v) is 5.79. The minimum atomic E-state index is -3.62. The molecular formula is C8H9N3O3S. The van der Waals surface area contributed by atoms with Crippen molar-refractivity contribution in [3.05, 3.63) is 24.4 Å². The van der Waals surface area contributed by atoms with Gasteiger partial charge in [-0.1, -0.05) is 11.2 Å². The maximum atomic E-state index is 11.7. The molecule has 2 heterocycles. The Hall–Kier alpha value is -1.63. The van der Waals surface area contributed by atoms with Crippen molar-refractivity contribution >= 4 is 15.9 Å². The molecule has 80 valence electrons. The Bertz CT molecular complexity index is 469. The molecule has 7 heteroatoms. The molecular weight excluding hydrogens is 218 g/mol. The zero-order valence-corrected chi connectivity index (χ0v) is 8.57. The van der Waals surface area contributed by atoms with Gasteiger partial charge in [-0.25, -0.2) is 4.98 Å². The second-order valence-electron chi connectivity index (χ2n) is 2.89. The Labute approximate surface area is 87.0 Å². The fourth-order valence-corrected chi connectivity index (χ4v) is 2.11. The van der Waals surface area contributed by atoms with Crippen LogP contribution in [0, 0.1) is 0 Å². The summed E-state index contributed by atoms with van der Waals surface area (Å²) in [5.41, 5.74) is 0. The van der Waals surface area contributed by atoms with Crippen LogP contribution in [0.25, 0.3) is 0 Å². The van der Waals surface area contributed by atoms with E-state index in [0.29, 0.717) is 18.9 Å². The summed E-state index contributed by atoms with van der Waals surface area (Å²) < 4.78 is 25.7. The number of aromatic nitrogens is 1. The molecule has 0 unspecified atom stereocenters. The lowest BCUT2D eigenvalue weighted by molar-refractivity contribution is 0.173. The van der Waals surface area contributed by atoms with Gasteiger partial charge in [0.25, 0.3) is 10.0 Å². The number of oxime groups is 1. The quantitative estimate of drug-likeness (QED) is 0.776. The fourth-order valence-electron chi connectivity index (χ4n) is 1.09. The summed E-state index contributed by atoms with van der Waals surface area (Å²) in [5, 5.41) is 3.52. The van der Waals surface area contributed by atoms with Gasteiger partial charge in [0.15, 0.2) is 10.9 Å². The highest BCUT2D eigenvalue weighted by Gasteiger charge is 2.19. The van der Waals surface area contributed by atoms with Crippen LogP contribution in [0.2, 0.25) is 0 Å². The van der Waals surface area contributed by atoms with Crippen LogP contribution >= 0.6 is 0 Å². The third-order valence-electron chi connectivity index (χ3n) is 1.77. The highest BCUT2D eigenvalue weighted by molar-refractivity contribution is 7.90. The summed E-state index contributed by atoms with van der Waals surface area (Å²) in [6.07, 6.45) is 1.88. The molecule has 1 aromatic rings. The number of amidine groups is 1. The third-order valence-corrected chi connectivity index (χ3v) is 3.07. The molecule has 0 bridgehead atoms. The van der Waals surface area contributed by atoms with Crippen LogP contribution in [0.15, 0.2) is 34.6 Å². The smallest absolute Gasteiger partial charge is 0.280 e. The van der Waals surface area contributed by atoms with Gasteiger partial charge in [0.05, 0.1) is 0 Å². The van der Waals surface area contributed by atoms with Gasteiger partial charge in [-0.15, -0.1) is 0 Å². The van der Waals surface area contributed by atoms with Gasteiger partial charge in [-0.05, 0) is 12.1 Å². The Kier molecular flexibility index (Phi) is 2.55. The number of sulfonamides is 1. The van der Waals surface area contributed by atoms with Gasteiger partial charge in [0.1, 0.15) is 6.61 Å². The first kappa shape index (κ1) is 9.91. The summed E-state index contributed by atoms with van der Waals surface area (Å²) in [4.78, 5) is 8.43. The topological polar surface area (TPSA) is 80.7 Å². The number of nitrogens with one attached hydrogen (secondary N) is 1. The molecule has 1 aliphatic rings. The molecule has 0 saturated carbocycles. The molecule has 0 aliphatic carbocycles. The normalized spacial score (nSPS) is 15.6. The molecule has 0 fully saturated rings. The maximum absolute atomic E-state index is 11.7. The zero-order valence-electron chi connectivity index (χ0n) is 7.75. The molecule has 2 rings (SSSR count). The van der Waals surface area contributed by atoms with Crippen molar-refractivity contribution in [2.24, 2.45) is 5.16 Å². The van der Waals surface area contributed by atoms with Crippen molar-refractivity contribution in [2.75, 3.05) is 6.61 Å². The van der Waals surface area contributed by atoms with Gasteiger partial charge in [0.2, 0.25) is 0 Å². The highest BCUT2D eigenvalue weighted by atomic mass is 32.2. The highest BCUT2D eigenvalue weighted by Crippen LogP contribution is 2.05. The van der Waals surface area contributed by atoms with Crippen LogP contribution in [0.4, 0.5) is 0 Å². The van der Waals surface area contributed by atoms with Crippen molar-refractivity contribution < 1.29 is 13.3 Å². The molecule has 0 saturated heterocycles. The van der Waals surface area contributed by atoms with Crippen molar-refractivity contribution in [2.45, 2.75) is 11.4 Å². The van der Waals surface area contributed by atoms with E-state index in [4.69, 9.17) is 0 Å². The third kappa shape index (κ3) is 2.24. The van der Waals surface area contributed by atoms with Gasteiger partial charge < -0.3 is 4.84 Å². The molecule has 1 aliphatic heterocycles. The summed E-state index contributed by atoms with van der Waals surface area (Å²) >= 11 is 0. The lowest BCUT2D eigenvalue weighted by Crippen LogP contribution is -2.30. The summed E-state index contributed by atoms with van der Waals surface area (Å²) in [5.74, 6) is 0.306. The second kappa shape index (κ2) is 3.85. The molecule has 0 atom stereocenters. The number of nitrogens with zero attached hydrogens (tertiary/aromatic N) is 2. The van der Waals surface area contributed by atoms with E-state index in [-0.39, 0.29) is 5.03 Å². The predicted octanol–water partition coefficient (Wildman–Crippen LogP) is 0.0937. The molecule has 6 nitrogen and oxygen atoms in total. The SMILES string of the molecule is O=S(=O)(NC1=NOCC1)c1ccccn1. The van der Waals surface area contributed by atoms with Crippen LogP contribution in [-0.2, 0) is 14.9 Å². The van der Waals surface area contributed by atoms with E-state index in [1.54, 1.807) is 12.1 Å². The number of pyridine rings is 1. The average Bonchev–Trinajstić information content (AvgIpc) is 2.71. The average molecular weight is 227 g/mol. The lowest BCUT2D eigenvalue weighted by atomic mass is 10.4. The minimum Gasteiger partial charge on any atom is -0.394 e. The van der Waals surface area contributed by atoms with Crippen molar-refractivity contribution in [3.63, 3.8) is 0 Å². The predicted molar refractivity (Wildman–Crippen MR) is 52.6 cm³/mol. The lowest BCUT2D eigenvalue weighted by Gasteiger charge is -2.04. The Morgan fingerprint density at radius 3 is 2.87 bits per heavy atom. The fraction of sp³-hybridized carbons (Fsp3) is 0.250. The molecule has 1 aromatic heterocycles. The first-order chi connectivity index (χ1) is 7.18. The maximum Gasteiger partial charge on any atom is 0.280 e. The summed E-state index contributed by atoms with van der Waals surface area (Å²) in [7, 11) is -3.62. The largest absolute Gasteiger partial charge is 0.394 e. The minimum absolute atomic E-state index is 0.0281.